The van der Waals surface area contributed by atoms with Crippen molar-refractivity contribution < 1.29 is 19.4 Å². The molecule has 2 aliphatic rings. The van der Waals surface area contributed by atoms with Crippen molar-refractivity contribution in [2.45, 2.75) is 44.8 Å². The number of urea groups is 1. The molecule has 19 heavy (non-hydrogen) atoms. The first-order chi connectivity index (χ1) is 9.08. The van der Waals surface area contributed by atoms with E-state index in [1.165, 1.54) is 12.8 Å². The molecule has 6 heteroatoms. The molecule has 0 aromatic heterocycles. The lowest BCUT2D eigenvalue weighted by Gasteiger charge is -2.19. The topological polar surface area (TPSA) is 87.7 Å². The highest BCUT2D eigenvalue weighted by Gasteiger charge is 2.41. The second-order valence-corrected chi connectivity index (χ2v) is 5.50. The van der Waals surface area contributed by atoms with Crippen molar-refractivity contribution in [3.8, 4) is 0 Å². The van der Waals surface area contributed by atoms with Gasteiger partial charge in [-0.2, -0.15) is 0 Å². The molecule has 1 aliphatic heterocycles. The fourth-order valence-electron chi connectivity index (χ4n) is 2.40. The van der Waals surface area contributed by atoms with Gasteiger partial charge in [0, 0.05) is 13.2 Å². The number of amides is 2. The molecule has 0 spiro atoms. The average Bonchev–Trinajstić information content (AvgIpc) is 3.10. The van der Waals surface area contributed by atoms with Gasteiger partial charge >= 0.3 is 12.0 Å². The Morgan fingerprint density at radius 1 is 1.37 bits per heavy atom. The monoisotopic (exact) mass is 270 g/mol. The number of carboxylic acid groups (broad SMARTS) is 1. The standard InChI is InChI=1S/C13H22N2O4/c1-8(12(16)17)4-6-14-13(18)15-10-5-7-19-11(10)9-2-3-9/h8-11H,2-7H2,1H3,(H,16,17)(H2,14,15,18). The minimum atomic E-state index is -0.833. The fraction of sp³-hybridized carbons (Fsp3) is 0.846. The van der Waals surface area contributed by atoms with E-state index in [0.29, 0.717) is 25.5 Å². The summed E-state index contributed by atoms with van der Waals surface area (Å²) in [5, 5.41) is 14.4. The van der Waals surface area contributed by atoms with Gasteiger partial charge in [-0.3, -0.25) is 4.79 Å². The zero-order chi connectivity index (χ0) is 13.8. The predicted octanol–water partition coefficient (Wildman–Crippen LogP) is 0.964. The van der Waals surface area contributed by atoms with E-state index in [-0.39, 0.29) is 18.2 Å². The summed E-state index contributed by atoms with van der Waals surface area (Å²) < 4.78 is 5.64. The van der Waals surface area contributed by atoms with Gasteiger partial charge in [0.1, 0.15) is 0 Å². The number of carbonyl (C=O) groups is 2. The first-order valence-corrected chi connectivity index (χ1v) is 6.96. The minimum Gasteiger partial charge on any atom is -0.481 e. The zero-order valence-electron chi connectivity index (χ0n) is 11.2. The van der Waals surface area contributed by atoms with Crippen LogP contribution < -0.4 is 10.6 Å². The van der Waals surface area contributed by atoms with Gasteiger partial charge in [0.25, 0.3) is 0 Å². The molecule has 2 amide bonds. The van der Waals surface area contributed by atoms with Crippen LogP contribution in [0.3, 0.4) is 0 Å². The zero-order valence-corrected chi connectivity index (χ0v) is 11.2. The fourth-order valence-corrected chi connectivity index (χ4v) is 2.40. The highest BCUT2D eigenvalue weighted by Crippen LogP contribution is 2.38. The summed E-state index contributed by atoms with van der Waals surface area (Å²) in [6.45, 7) is 2.72. The van der Waals surface area contributed by atoms with Crippen LogP contribution in [0.2, 0.25) is 0 Å². The number of hydrogen-bond donors (Lipinski definition) is 3. The lowest BCUT2D eigenvalue weighted by molar-refractivity contribution is -0.141. The van der Waals surface area contributed by atoms with Crippen LogP contribution in [0, 0.1) is 11.8 Å². The Morgan fingerprint density at radius 3 is 2.74 bits per heavy atom. The van der Waals surface area contributed by atoms with Crippen molar-refractivity contribution in [2.24, 2.45) is 11.8 Å². The van der Waals surface area contributed by atoms with Crippen LogP contribution in [0.5, 0.6) is 0 Å². The van der Waals surface area contributed by atoms with E-state index in [9.17, 15) is 9.59 Å². The first-order valence-electron chi connectivity index (χ1n) is 6.96. The smallest absolute Gasteiger partial charge is 0.315 e. The molecule has 0 radical (unpaired) electrons. The number of carboxylic acids is 1. The van der Waals surface area contributed by atoms with Gasteiger partial charge in [-0.1, -0.05) is 6.92 Å². The van der Waals surface area contributed by atoms with E-state index in [1.54, 1.807) is 6.92 Å². The number of ether oxygens (including phenoxy) is 1. The summed E-state index contributed by atoms with van der Waals surface area (Å²) in [4.78, 5) is 22.3. The molecule has 1 saturated carbocycles. The third-order valence-electron chi connectivity index (χ3n) is 3.82. The quantitative estimate of drug-likeness (QED) is 0.671. The van der Waals surface area contributed by atoms with E-state index < -0.39 is 11.9 Å². The molecule has 3 atom stereocenters. The number of nitrogens with one attached hydrogen (secondary N) is 2. The highest BCUT2D eigenvalue weighted by molar-refractivity contribution is 5.74. The third kappa shape index (κ3) is 4.09. The Bertz CT molecular complexity index is 344. The Balaban J connectivity index is 1.65. The van der Waals surface area contributed by atoms with Crippen molar-refractivity contribution in [3.63, 3.8) is 0 Å². The van der Waals surface area contributed by atoms with Gasteiger partial charge in [-0.25, -0.2) is 4.79 Å². The molecule has 6 nitrogen and oxygen atoms in total. The second kappa shape index (κ2) is 6.23. The van der Waals surface area contributed by atoms with Gasteiger partial charge < -0.3 is 20.5 Å². The molecule has 3 N–H and O–H groups in total. The summed E-state index contributed by atoms with van der Waals surface area (Å²) in [6.07, 6.45) is 3.86. The lowest BCUT2D eigenvalue weighted by Crippen LogP contribution is -2.46. The van der Waals surface area contributed by atoms with E-state index in [1.807, 2.05) is 0 Å². The van der Waals surface area contributed by atoms with Gasteiger partial charge in [0.05, 0.1) is 18.1 Å². The van der Waals surface area contributed by atoms with Crippen LogP contribution in [0.15, 0.2) is 0 Å². The molecule has 2 fully saturated rings. The number of aliphatic carboxylic acids is 1. The number of rotatable bonds is 6. The van der Waals surface area contributed by atoms with Gasteiger partial charge in [-0.05, 0) is 31.6 Å². The maximum atomic E-state index is 11.7. The van der Waals surface area contributed by atoms with E-state index in [4.69, 9.17) is 9.84 Å². The predicted molar refractivity (Wildman–Crippen MR) is 68.8 cm³/mol. The normalized spacial score (nSPS) is 27.8. The molecule has 1 aliphatic carbocycles. The van der Waals surface area contributed by atoms with Crippen LogP contribution in [-0.2, 0) is 9.53 Å². The largest absolute Gasteiger partial charge is 0.481 e. The van der Waals surface area contributed by atoms with Crippen molar-refractivity contribution >= 4 is 12.0 Å². The molecule has 108 valence electrons. The van der Waals surface area contributed by atoms with Crippen molar-refractivity contribution in [1.82, 2.24) is 10.6 Å². The number of hydrogen-bond acceptors (Lipinski definition) is 3. The highest BCUT2D eigenvalue weighted by atomic mass is 16.5. The van der Waals surface area contributed by atoms with Gasteiger partial charge in [0.2, 0.25) is 0 Å². The van der Waals surface area contributed by atoms with Crippen LogP contribution in [0.25, 0.3) is 0 Å². The molecular formula is C13H22N2O4. The summed E-state index contributed by atoms with van der Waals surface area (Å²) >= 11 is 0. The van der Waals surface area contributed by atoms with E-state index >= 15 is 0 Å². The molecule has 1 heterocycles. The van der Waals surface area contributed by atoms with Crippen LogP contribution >= 0.6 is 0 Å². The number of carbonyl (C=O) groups excluding carboxylic acids is 1. The Hall–Kier alpha value is -1.30. The maximum Gasteiger partial charge on any atom is 0.315 e. The SMILES string of the molecule is CC(CCNC(=O)NC1CCOC1C1CC1)C(=O)O. The summed E-state index contributed by atoms with van der Waals surface area (Å²) in [5.74, 6) is -0.658. The Morgan fingerprint density at radius 2 is 2.11 bits per heavy atom. The minimum absolute atomic E-state index is 0.101. The summed E-state index contributed by atoms with van der Waals surface area (Å²) in [6, 6.07) is -0.122. The third-order valence-corrected chi connectivity index (χ3v) is 3.82. The first kappa shape index (κ1) is 14.1. The summed E-state index contributed by atoms with van der Waals surface area (Å²) in [7, 11) is 0. The maximum absolute atomic E-state index is 11.7. The van der Waals surface area contributed by atoms with Gasteiger partial charge in [0.15, 0.2) is 0 Å². The van der Waals surface area contributed by atoms with Crippen LogP contribution in [-0.4, -0.2) is 42.4 Å². The van der Waals surface area contributed by atoms with Crippen LogP contribution in [0.4, 0.5) is 4.79 Å². The van der Waals surface area contributed by atoms with Gasteiger partial charge in [-0.15, -0.1) is 0 Å². The molecule has 0 aromatic rings. The molecule has 0 bridgehead atoms. The molecular weight excluding hydrogens is 248 g/mol. The van der Waals surface area contributed by atoms with Crippen LogP contribution in [0.1, 0.15) is 32.6 Å². The molecule has 0 aromatic carbocycles. The Kier molecular flexibility index (Phi) is 4.63. The summed E-state index contributed by atoms with van der Waals surface area (Å²) in [5.41, 5.74) is 0. The lowest BCUT2D eigenvalue weighted by atomic mass is 10.1. The van der Waals surface area contributed by atoms with Crippen molar-refractivity contribution in [2.75, 3.05) is 13.2 Å². The molecule has 2 rings (SSSR count). The van der Waals surface area contributed by atoms with Crippen molar-refractivity contribution in [1.29, 1.82) is 0 Å². The van der Waals surface area contributed by atoms with Crippen molar-refractivity contribution in [3.05, 3.63) is 0 Å². The average molecular weight is 270 g/mol. The molecule has 1 saturated heterocycles. The van der Waals surface area contributed by atoms with E-state index in [0.717, 1.165) is 6.42 Å². The van der Waals surface area contributed by atoms with E-state index in [2.05, 4.69) is 10.6 Å². The molecule has 3 unspecified atom stereocenters. The Labute approximate surface area is 112 Å². The second-order valence-electron chi connectivity index (χ2n) is 5.50.